The molecule has 2 heterocycles. The number of aromatic nitrogens is 1. The first kappa shape index (κ1) is 27.1. The average Bonchev–Trinajstić information content (AvgIpc) is 3.49. The van der Waals surface area contributed by atoms with E-state index in [0.717, 1.165) is 27.8 Å². The second-order valence-electron chi connectivity index (χ2n) is 9.64. The van der Waals surface area contributed by atoms with Crippen LogP contribution in [0, 0.1) is 13.8 Å². The molecule has 204 valence electrons. The Morgan fingerprint density at radius 1 is 1.07 bits per heavy atom. The zero-order valence-corrected chi connectivity index (χ0v) is 23.5. The normalized spacial score (nSPS) is 16.5. The molecule has 4 aromatic rings. The largest absolute Gasteiger partial charge is 0.507 e. The third-order valence-corrected chi connectivity index (χ3v) is 7.61. The summed E-state index contributed by atoms with van der Waals surface area (Å²) in [5, 5.41) is 11.9. The number of ether oxygens (including phenoxy) is 2. The maximum absolute atomic E-state index is 13.6. The van der Waals surface area contributed by atoms with E-state index in [4.69, 9.17) is 14.5 Å². The van der Waals surface area contributed by atoms with Gasteiger partial charge in [0.15, 0.2) is 5.13 Å². The number of ketones is 1. The summed E-state index contributed by atoms with van der Waals surface area (Å²) in [5.41, 5.74) is 3.86. The molecule has 8 heteroatoms. The summed E-state index contributed by atoms with van der Waals surface area (Å²) in [7, 11) is 0. The molecule has 5 rings (SSSR count). The molecule has 1 amide bonds. The quantitative estimate of drug-likeness (QED) is 0.105. The number of nitrogens with zero attached hydrogens (tertiary/aromatic N) is 2. The first-order chi connectivity index (χ1) is 19.3. The molecule has 1 atom stereocenters. The van der Waals surface area contributed by atoms with Gasteiger partial charge in [0, 0.05) is 5.56 Å². The van der Waals surface area contributed by atoms with Crippen LogP contribution >= 0.6 is 11.3 Å². The van der Waals surface area contributed by atoms with Crippen molar-refractivity contribution in [2.24, 2.45) is 0 Å². The minimum atomic E-state index is -0.893. The Hall–Kier alpha value is -4.43. The maximum Gasteiger partial charge on any atom is 0.301 e. The third kappa shape index (κ3) is 5.10. The molecular weight excluding hydrogens is 524 g/mol. The Morgan fingerprint density at radius 2 is 1.85 bits per heavy atom. The van der Waals surface area contributed by atoms with Gasteiger partial charge in [0.2, 0.25) is 0 Å². The molecule has 1 unspecified atom stereocenters. The Kier molecular flexibility index (Phi) is 7.71. The number of hydrogen-bond donors (Lipinski definition) is 1. The minimum Gasteiger partial charge on any atom is -0.507 e. The SMILES string of the molecule is C=CCOc1ccc(C2/C(=C(\O)c3cccc(OCCC)c3)C(=O)C(=O)N2c2nc3c(C)cc(C)cc3s2)cc1. The van der Waals surface area contributed by atoms with Crippen LogP contribution < -0.4 is 14.4 Å². The Labute approximate surface area is 237 Å². The lowest BCUT2D eigenvalue weighted by molar-refractivity contribution is -0.132. The van der Waals surface area contributed by atoms with E-state index in [1.165, 1.54) is 16.2 Å². The van der Waals surface area contributed by atoms with E-state index in [9.17, 15) is 14.7 Å². The smallest absolute Gasteiger partial charge is 0.301 e. The van der Waals surface area contributed by atoms with Crippen molar-refractivity contribution in [3.63, 3.8) is 0 Å². The fraction of sp³-hybridized carbons (Fsp3) is 0.219. The Balaban J connectivity index is 1.67. The summed E-state index contributed by atoms with van der Waals surface area (Å²) in [6.45, 7) is 10.5. The molecule has 1 aliphatic rings. The van der Waals surface area contributed by atoms with E-state index in [-0.39, 0.29) is 11.3 Å². The van der Waals surface area contributed by atoms with Crippen LogP contribution in [0.3, 0.4) is 0 Å². The van der Waals surface area contributed by atoms with E-state index in [2.05, 4.69) is 6.58 Å². The van der Waals surface area contributed by atoms with E-state index in [1.807, 2.05) is 32.9 Å². The topological polar surface area (TPSA) is 89.0 Å². The number of carbonyl (C=O) groups excluding carboxylic acids is 2. The fourth-order valence-electron chi connectivity index (χ4n) is 4.82. The summed E-state index contributed by atoms with van der Waals surface area (Å²) < 4.78 is 12.3. The predicted molar refractivity (Wildman–Crippen MR) is 158 cm³/mol. The van der Waals surface area contributed by atoms with Crippen molar-refractivity contribution in [3.8, 4) is 11.5 Å². The van der Waals surface area contributed by atoms with Gasteiger partial charge in [-0.15, -0.1) is 0 Å². The van der Waals surface area contributed by atoms with Crippen LogP contribution in [0.2, 0.25) is 0 Å². The summed E-state index contributed by atoms with van der Waals surface area (Å²) in [6.07, 6.45) is 2.48. The number of aliphatic hydroxyl groups excluding tert-OH is 1. The van der Waals surface area contributed by atoms with Crippen molar-refractivity contribution in [1.82, 2.24) is 4.98 Å². The lowest BCUT2D eigenvalue weighted by Crippen LogP contribution is -2.29. The Morgan fingerprint density at radius 3 is 2.58 bits per heavy atom. The van der Waals surface area contributed by atoms with Crippen LogP contribution in [0.25, 0.3) is 16.0 Å². The molecular formula is C32H30N2O5S. The van der Waals surface area contributed by atoms with Crippen molar-refractivity contribution in [2.75, 3.05) is 18.1 Å². The van der Waals surface area contributed by atoms with Crippen LogP contribution in [0.5, 0.6) is 11.5 Å². The van der Waals surface area contributed by atoms with Crippen LogP contribution in [0.15, 0.2) is 78.9 Å². The summed E-state index contributed by atoms with van der Waals surface area (Å²) in [4.78, 5) is 33.4. The van der Waals surface area contributed by atoms with Gasteiger partial charge in [0.1, 0.15) is 23.9 Å². The summed E-state index contributed by atoms with van der Waals surface area (Å²) in [6, 6.07) is 17.2. The highest BCUT2D eigenvalue weighted by Gasteiger charge is 2.48. The van der Waals surface area contributed by atoms with Gasteiger partial charge < -0.3 is 14.6 Å². The van der Waals surface area contributed by atoms with Crippen molar-refractivity contribution >= 4 is 44.1 Å². The molecule has 1 aliphatic heterocycles. The highest BCUT2D eigenvalue weighted by Crippen LogP contribution is 2.45. The molecule has 0 aliphatic carbocycles. The van der Waals surface area contributed by atoms with Crippen LogP contribution in [0.1, 0.15) is 41.6 Å². The highest BCUT2D eigenvalue weighted by atomic mass is 32.1. The van der Waals surface area contributed by atoms with Gasteiger partial charge in [-0.25, -0.2) is 4.98 Å². The molecule has 1 N–H and O–H groups in total. The molecule has 1 aromatic heterocycles. The second kappa shape index (κ2) is 11.4. The number of rotatable bonds is 9. The molecule has 3 aromatic carbocycles. The second-order valence-corrected chi connectivity index (χ2v) is 10.6. The maximum atomic E-state index is 13.6. The van der Waals surface area contributed by atoms with Crippen LogP contribution in [-0.2, 0) is 9.59 Å². The minimum absolute atomic E-state index is 0.00967. The van der Waals surface area contributed by atoms with Crippen molar-refractivity contribution < 1.29 is 24.2 Å². The van der Waals surface area contributed by atoms with E-state index < -0.39 is 17.7 Å². The first-order valence-corrected chi connectivity index (χ1v) is 13.9. The molecule has 0 spiro atoms. The van der Waals surface area contributed by atoms with Gasteiger partial charge in [0.05, 0.1) is 28.4 Å². The van der Waals surface area contributed by atoms with Gasteiger partial charge in [-0.3, -0.25) is 14.5 Å². The van der Waals surface area contributed by atoms with Crippen molar-refractivity contribution in [2.45, 2.75) is 33.2 Å². The third-order valence-electron chi connectivity index (χ3n) is 6.61. The monoisotopic (exact) mass is 554 g/mol. The van der Waals surface area contributed by atoms with Crippen molar-refractivity contribution in [3.05, 3.63) is 101 Å². The van der Waals surface area contributed by atoms with E-state index in [1.54, 1.807) is 54.6 Å². The van der Waals surface area contributed by atoms with Crippen LogP contribution in [-0.4, -0.2) is 35.0 Å². The number of anilines is 1. The van der Waals surface area contributed by atoms with Crippen molar-refractivity contribution in [1.29, 1.82) is 0 Å². The van der Waals surface area contributed by atoms with E-state index in [0.29, 0.717) is 41.0 Å². The number of benzene rings is 3. The lowest BCUT2D eigenvalue weighted by Gasteiger charge is -2.23. The number of fused-ring (bicyclic) bond motifs is 1. The fourth-order valence-corrected chi connectivity index (χ4v) is 5.99. The number of Topliss-reactive ketones (excluding diaryl/α,β-unsaturated/α-hetero) is 1. The molecule has 40 heavy (non-hydrogen) atoms. The van der Waals surface area contributed by atoms with Gasteiger partial charge >= 0.3 is 5.91 Å². The molecule has 1 fully saturated rings. The van der Waals surface area contributed by atoms with E-state index >= 15 is 0 Å². The zero-order chi connectivity index (χ0) is 28.4. The van der Waals surface area contributed by atoms with Crippen LogP contribution in [0.4, 0.5) is 5.13 Å². The average molecular weight is 555 g/mol. The van der Waals surface area contributed by atoms with Gasteiger partial charge in [-0.2, -0.15) is 0 Å². The molecule has 0 radical (unpaired) electrons. The zero-order valence-electron chi connectivity index (χ0n) is 22.6. The summed E-state index contributed by atoms with van der Waals surface area (Å²) >= 11 is 1.34. The number of carbonyl (C=O) groups is 2. The Bertz CT molecular complexity index is 1640. The molecule has 1 saturated heterocycles. The molecule has 0 bridgehead atoms. The highest BCUT2D eigenvalue weighted by molar-refractivity contribution is 7.22. The number of aryl methyl sites for hydroxylation is 2. The summed E-state index contributed by atoms with van der Waals surface area (Å²) in [5.74, 6) is -0.607. The molecule has 7 nitrogen and oxygen atoms in total. The number of aliphatic hydroxyl groups is 1. The first-order valence-electron chi connectivity index (χ1n) is 13.1. The number of hydrogen-bond acceptors (Lipinski definition) is 7. The van der Waals surface area contributed by atoms with Gasteiger partial charge in [-0.05, 0) is 67.3 Å². The van der Waals surface area contributed by atoms with Gasteiger partial charge in [0.25, 0.3) is 5.78 Å². The lowest BCUT2D eigenvalue weighted by atomic mass is 9.95. The number of amides is 1. The number of thiazole rings is 1. The standard InChI is InChI=1S/C32H30N2O5S/c1-5-14-38-23-12-10-21(11-13-23)28-26(29(35)22-8-7-9-24(18-22)39-15-6-2)30(36)31(37)34(28)32-33-27-20(4)16-19(3)17-25(27)40-32/h5,7-13,16-18,28,35H,1,6,14-15H2,2-4H3/b29-26+. The van der Waals surface area contributed by atoms with Gasteiger partial charge in [-0.1, -0.05) is 61.2 Å². The predicted octanol–water partition coefficient (Wildman–Crippen LogP) is 6.89. The molecule has 0 saturated carbocycles.